The van der Waals surface area contributed by atoms with Gasteiger partial charge < -0.3 is 19.9 Å². The molecule has 0 bridgehead atoms. The molecule has 0 unspecified atom stereocenters. The van der Waals surface area contributed by atoms with Crippen LogP contribution in [0.4, 0.5) is 0 Å². The second-order valence-corrected chi connectivity index (χ2v) is 5.53. The molecule has 19 heavy (non-hydrogen) atoms. The smallest absolute Gasteiger partial charge is 0.334 e. The highest BCUT2D eigenvalue weighted by molar-refractivity contribution is 7.18. The third-order valence-corrected chi connectivity index (χ3v) is 3.57. The normalized spacial score (nSPS) is 11.3. The van der Waals surface area contributed by atoms with Crippen molar-refractivity contribution in [3.63, 3.8) is 0 Å². The van der Waals surface area contributed by atoms with Crippen LogP contribution in [0, 0.1) is 0 Å². The van der Waals surface area contributed by atoms with E-state index in [4.69, 9.17) is 21.1 Å². The molecule has 1 rings (SSSR count). The fourth-order valence-corrected chi connectivity index (χ4v) is 2.44. The van der Waals surface area contributed by atoms with Crippen molar-refractivity contribution in [2.75, 3.05) is 27.4 Å². The molecule has 0 fully saturated rings. The second-order valence-electron chi connectivity index (χ2n) is 3.81. The highest BCUT2D eigenvalue weighted by Crippen LogP contribution is 2.22. The van der Waals surface area contributed by atoms with Crippen molar-refractivity contribution in [1.82, 2.24) is 5.32 Å². The van der Waals surface area contributed by atoms with E-state index in [2.05, 4.69) is 5.32 Å². The van der Waals surface area contributed by atoms with E-state index in [0.717, 1.165) is 11.3 Å². The molecule has 6 nitrogen and oxygen atoms in total. The number of carbonyl (C=O) groups is 2. The van der Waals surface area contributed by atoms with Gasteiger partial charge in [0.15, 0.2) is 5.54 Å². The fraction of sp³-hybridized carbons (Fsp3) is 0.455. The quantitative estimate of drug-likeness (QED) is 0.792. The van der Waals surface area contributed by atoms with Gasteiger partial charge in [-0.15, -0.1) is 11.3 Å². The number of halogens is 1. The average Bonchev–Trinajstić information content (AvgIpc) is 2.76. The van der Waals surface area contributed by atoms with Crippen molar-refractivity contribution in [3.05, 3.63) is 21.3 Å². The SMILES string of the molecule is COCC(COC)(NC(=O)c1ccc(Cl)s1)C(=O)O. The lowest BCUT2D eigenvalue weighted by Crippen LogP contribution is -2.60. The van der Waals surface area contributed by atoms with Crippen LogP contribution in [0.3, 0.4) is 0 Å². The number of ether oxygens (including phenoxy) is 2. The summed E-state index contributed by atoms with van der Waals surface area (Å²) >= 11 is 6.80. The maximum atomic E-state index is 12.0. The maximum Gasteiger partial charge on any atom is 0.334 e. The van der Waals surface area contributed by atoms with Gasteiger partial charge in [-0.3, -0.25) is 4.79 Å². The van der Waals surface area contributed by atoms with Gasteiger partial charge in [-0.05, 0) is 12.1 Å². The van der Waals surface area contributed by atoms with E-state index in [0.29, 0.717) is 9.21 Å². The van der Waals surface area contributed by atoms with Crippen molar-refractivity contribution in [2.45, 2.75) is 5.54 Å². The molecule has 2 N–H and O–H groups in total. The van der Waals surface area contributed by atoms with E-state index in [1.165, 1.54) is 20.3 Å². The number of amides is 1. The topological polar surface area (TPSA) is 84.9 Å². The highest BCUT2D eigenvalue weighted by atomic mass is 35.5. The summed E-state index contributed by atoms with van der Waals surface area (Å²) < 4.78 is 10.2. The Balaban J connectivity index is 2.93. The minimum atomic E-state index is -1.63. The molecule has 0 saturated carbocycles. The summed E-state index contributed by atoms with van der Waals surface area (Å²) in [7, 11) is 2.70. The number of carboxylic acids is 1. The Labute approximate surface area is 119 Å². The van der Waals surface area contributed by atoms with E-state index >= 15 is 0 Å². The maximum absolute atomic E-state index is 12.0. The molecule has 0 aliphatic heterocycles. The van der Waals surface area contributed by atoms with Gasteiger partial charge in [-0.25, -0.2) is 4.79 Å². The van der Waals surface area contributed by atoms with Crippen LogP contribution in [-0.2, 0) is 14.3 Å². The number of nitrogens with one attached hydrogen (secondary N) is 1. The lowest BCUT2D eigenvalue weighted by atomic mass is 10.0. The van der Waals surface area contributed by atoms with E-state index in [9.17, 15) is 14.7 Å². The van der Waals surface area contributed by atoms with Crippen LogP contribution >= 0.6 is 22.9 Å². The van der Waals surface area contributed by atoms with E-state index in [-0.39, 0.29) is 13.2 Å². The molecule has 0 aromatic carbocycles. The molecule has 1 aromatic rings. The summed E-state index contributed by atoms with van der Waals surface area (Å²) in [6, 6.07) is 3.09. The van der Waals surface area contributed by atoms with Crippen LogP contribution in [0.15, 0.2) is 12.1 Å². The van der Waals surface area contributed by atoms with E-state index in [1.54, 1.807) is 6.07 Å². The number of hydrogen-bond donors (Lipinski definition) is 2. The number of carbonyl (C=O) groups excluding carboxylic acids is 1. The lowest BCUT2D eigenvalue weighted by Gasteiger charge is -2.28. The van der Waals surface area contributed by atoms with Crippen molar-refractivity contribution >= 4 is 34.8 Å². The molecule has 0 aliphatic carbocycles. The third-order valence-electron chi connectivity index (χ3n) is 2.34. The van der Waals surface area contributed by atoms with E-state index in [1.807, 2.05) is 0 Å². The highest BCUT2D eigenvalue weighted by Gasteiger charge is 2.41. The van der Waals surface area contributed by atoms with Crippen molar-refractivity contribution < 1.29 is 24.2 Å². The molecule has 1 amide bonds. The molecule has 8 heteroatoms. The van der Waals surface area contributed by atoms with Gasteiger partial charge in [0.1, 0.15) is 0 Å². The summed E-state index contributed by atoms with van der Waals surface area (Å²) in [5.41, 5.74) is -1.63. The van der Waals surface area contributed by atoms with Gasteiger partial charge in [-0.2, -0.15) is 0 Å². The molecule has 106 valence electrons. The van der Waals surface area contributed by atoms with Crippen molar-refractivity contribution in [3.8, 4) is 0 Å². The number of carboxylic acid groups (broad SMARTS) is 1. The van der Waals surface area contributed by atoms with Gasteiger partial charge in [0, 0.05) is 14.2 Å². The minimum Gasteiger partial charge on any atom is -0.479 e. The van der Waals surface area contributed by atoms with Gasteiger partial charge in [0.25, 0.3) is 5.91 Å². The first-order chi connectivity index (χ1) is 8.95. The number of aliphatic carboxylic acids is 1. The van der Waals surface area contributed by atoms with Gasteiger partial charge in [0.05, 0.1) is 22.4 Å². The van der Waals surface area contributed by atoms with Crippen LogP contribution in [0.5, 0.6) is 0 Å². The first-order valence-corrected chi connectivity index (χ1v) is 6.44. The Hall–Kier alpha value is -1.15. The third kappa shape index (κ3) is 3.90. The monoisotopic (exact) mass is 307 g/mol. The molecule has 0 atom stereocenters. The molecular weight excluding hydrogens is 294 g/mol. The van der Waals surface area contributed by atoms with Crippen LogP contribution in [0.2, 0.25) is 4.34 Å². The molecular formula is C11H14ClNO5S. The number of thiophene rings is 1. The molecule has 0 spiro atoms. The molecule has 1 aromatic heterocycles. The van der Waals surface area contributed by atoms with Crippen LogP contribution < -0.4 is 5.32 Å². The van der Waals surface area contributed by atoms with Gasteiger partial charge >= 0.3 is 5.97 Å². The summed E-state index contributed by atoms with van der Waals surface area (Å²) in [6.07, 6.45) is 0. The Morgan fingerprint density at radius 1 is 1.37 bits per heavy atom. The largest absolute Gasteiger partial charge is 0.479 e. The van der Waals surface area contributed by atoms with Crippen LogP contribution in [0.25, 0.3) is 0 Å². The second kappa shape index (κ2) is 6.85. The summed E-state index contributed by atoms with van der Waals surface area (Å²) in [5, 5.41) is 11.7. The van der Waals surface area contributed by atoms with Crippen molar-refractivity contribution in [1.29, 1.82) is 0 Å². The summed E-state index contributed by atoms with van der Waals surface area (Å²) in [4.78, 5) is 23.7. The standard InChI is InChI=1S/C11H14ClNO5S/c1-17-5-11(6-18-2,10(15)16)13-9(14)7-3-4-8(12)19-7/h3-4H,5-6H2,1-2H3,(H,13,14)(H,15,16). The fourth-order valence-electron chi connectivity index (χ4n) is 1.50. The predicted molar refractivity (Wildman–Crippen MR) is 70.9 cm³/mol. The number of rotatable bonds is 7. The molecule has 1 heterocycles. The zero-order valence-electron chi connectivity index (χ0n) is 10.4. The molecule has 0 radical (unpaired) electrons. The number of methoxy groups -OCH3 is 2. The van der Waals surface area contributed by atoms with Gasteiger partial charge in [0.2, 0.25) is 0 Å². The van der Waals surface area contributed by atoms with E-state index < -0.39 is 17.4 Å². The molecule has 0 saturated heterocycles. The van der Waals surface area contributed by atoms with Crippen LogP contribution in [-0.4, -0.2) is 50.0 Å². The van der Waals surface area contributed by atoms with Crippen molar-refractivity contribution in [2.24, 2.45) is 0 Å². The minimum absolute atomic E-state index is 0.207. The Bertz CT molecular complexity index is 456. The van der Waals surface area contributed by atoms with Crippen LogP contribution in [0.1, 0.15) is 9.67 Å². The average molecular weight is 308 g/mol. The summed E-state index contributed by atoms with van der Waals surface area (Å²) in [6.45, 7) is -0.415. The zero-order chi connectivity index (χ0) is 14.5. The Kier molecular flexibility index (Phi) is 5.74. The Morgan fingerprint density at radius 2 is 1.95 bits per heavy atom. The molecule has 0 aliphatic rings. The lowest BCUT2D eigenvalue weighted by molar-refractivity contribution is -0.149. The van der Waals surface area contributed by atoms with Gasteiger partial charge in [-0.1, -0.05) is 11.6 Å². The zero-order valence-corrected chi connectivity index (χ0v) is 12.0. The number of hydrogen-bond acceptors (Lipinski definition) is 5. The summed E-state index contributed by atoms with van der Waals surface area (Å²) in [5.74, 6) is -1.76. The Morgan fingerprint density at radius 3 is 2.32 bits per heavy atom. The first-order valence-electron chi connectivity index (χ1n) is 5.24. The first kappa shape index (κ1) is 15.9. The predicted octanol–water partition coefficient (Wildman–Crippen LogP) is 1.25.